The number of rotatable bonds is 2. The van der Waals surface area contributed by atoms with E-state index in [1.165, 1.54) is 4.90 Å². The lowest BCUT2D eigenvalue weighted by atomic mass is 10.2. The normalized spacial score (nSPS) is 17.0. The van der Waals surface area contributed by atoms with Crippen LogP contribution in [0.4, 0.5) is 10.5 Å². The molecule has 1 saturated heterocycles. The minimum atomic E-state index is -0.292. The standard InChI is InChI=1S/C15H10ClNO2S2/c1-9-6-7-20-12(9)8-13-14(18)17(15(19)21-13)11-4-2-10(16)3-5-11/h2-8H,1H3/b13-8+. The Morgan fingerprint density at radius 1 is 1.14 bits per heavy atom. The number of benzene rings is 1. The first-order valence-electron chi connectivity index (χ1n) is 6.14. The highest BCUT2D eigenvalue weighted by molar-refractivity contribution is 8.19. The van der Waals surface area contributed by atoms with E-state index < -0.39 is 0 Å². The van der Waals surface area contributed by atoms with Crippen LogP contribution in [-0.2, 0) is 4.79 Å². The average Bonchev–Trinajstić information content (AvgIpc) is 2.97. The van der Waals surface area contributed by atoms with Gasteiger partial charge >= 0.3 is 0 Å². The molecule has 1 aliphatic rings. The minimum absolute atomic E-state index is 0.289. The molecule has 0 bridgehead atoms. The number of halogens is 1. The summed E-state index contributed by atoms with van der Waals surface area (Å²) < 4.78 is 0. The monoisotopic (exact) mass is 335 g/mol. The van der Waals surface area contributed by atoms with Gasteiger partial charge in [-0.2, -0.15) is 0 Å². The topological polar surface area (TPSA) is 37.4 Å². The first kappa shape index (κ1) is 14.4. The van der Waals surface area contributed by atoms with E-state index >= 15 is 0 Å². The fraction of sp³-hybridized carbons (Fsp3) is 0.0667. The summed E-state index contributed by atoms with van der Waals surface area (Å²) in [5, 5.41) is 2.24. The van der Waals surface area contributed by atoms with Gasteiger partial charge in [-0.15, -0.1) is 11.3 Å². The second kappa shape index (κ2) is 5.67. The van der Waals surface area contributed by atoms with Crippen molar-refractivity contribution in [1.29, 1.82) is 0 Å². The van der Waals surface area contributed by atoms with Gasteiger partial charge in [0, 0.05) is 9.90 Å². The Kier molecular flexibility index (Phi) is 3.89. The number of anilines is 1. The van der Waals surface area contributed by atoms with Crippen LogP contribution in [0.25, 0.3) is 6.08 Å². The van der Waals surface area contributed by atoms with Gasteiger partial charge in [-0.25, -0.2) is 4.90 Å². The summed E-state index contributed by atoms with van der Waals surface area (Å²) >= 11 is 8.34. The van der Waals surface area contributed by atoms with Crippen molar-refractivity contribution in [3.63, 3.8) is 0 Å². The molecule has 0 saturated carbocycles. The van der Waals surface area contributed by atoms with Gasteiger partial charge in [-0.1, -0.05) is 11.6 Å². The Hall–Kier alpha value is -1.56. The Morgan fingerprint density at radius 2 is 1.86 bits per heavy atom. The zero-order valence-electron chi connectivity index (χ0n) is 11.0. The Morgan fingerprint density at radius 3 is 2.48 bits per heavy atom. The summed E-state index contributed by atoms with van der Waals surface area (Å²) in [5.74, 6) is -0.292. The molecule has 1 aromatic carbocycles. The Balaban J connectivity index is 1.94. The maximum Gasteiger partial charge on any atom is 0.298 e. The molecule has 0 N–H and O–H groups in total. The highest BCUT2D eigenvalue weighted by Gasteiger charge is 2.36. The van der Waals surface area contributed by atoms with Crippen LogP contribution in [0.15, 0.2) is 40.6 Å². The molecule has 1 aliphatic heterocycles. The van der Waals surface area contributed by atoms with Crippen molar-refractivity contribution in [3.05, 3.63) is 56.1 Å². The number of aryl methyl sites for hydroxylation is 1. The lowest BCUT2D eigenvalue weighted by molar-refractivity contribution is -0.113. The molecule has 106 valence electrons. The summed E-state index contributed by atoms with van der Waals surface area (Å²) in [6, 6.07) is 8.64. The van der Waals surface area contributed by atoms with Gasteiger partial charge in [0.05, 0.1) is 10.6 Å². The van der Waals surface area contributed by atoms with E-state index in [2.05, 4.69) is 0 Å². The SMILES string of the molecule is Cc1ccsc1/C=C1/SC(=O)N(c2ccc(Cl)cc2)C1=O. The Labute approximate surface area is 135 Å². The highest BCUT2D eigenvalue weighted by Crippen LogP contribution is 2.36. The highest BCUT2D eigenvalue weighted by atomic mass is 35.5. The second-order valence-electron chi connectivity index (χ2n) is 4.46. The molecule has 1 fully saturated rings. The molecule has 0 aliphatic carbocycles. The van der Waals surface area contributed by atoms with E-state index in [0.717, 1.165) is 22.2 Å². The number of hydrogen-bond donors (Lipinski definition) is 0. The molecule has 0 radical (unpaired) electrons. The van der Waals surface area contributed by atoms with Crippen molar-refractivity contribution in [2.45, 2.75) is 6.92 Å². The zero-order valence-corrected chi connectivity index (χ0v) is 13.4. The quantitative estimate of drug-likeness (QED) is 0.728. The summed E-state index contributed by atoms with van der Waals surface area (Å²) in [4.78, 5) is 27.1. The minimum Gasteiger partial charge on any atom is -0.268 e. The molecule has 1 aromatic heterocycles. The van der Waals surface area contributed by atoms with Crippen molar-refractivity contribution in [1.82, 2.24) is 0 Å². The number of thiophene rings is 1. The average molecular weight is 336 g/mol. The number of carbonyl (C=O) groups is 2. The summed E-state index contributed by atoms with van der Waals surface area (Å²) in [5.41, 5.74) is 1.63. The van der Waals surface area contributed by atoms with Gasteiger partial charge in [-0.3, -0.25) is 9.59 Å². The lowest BCUT2D eigenvalue weighted by Crippen LogP contribution is -2.27. The first-order valence-corrected chi connectivity index (χ1v) is 8.21. The van der Waals surface area contributed by atoms with Crippen molar-refractivity contribution in [3.8, 4) is 0 Å². The Bertz CT molecular complexity index is 749. The fourth-order valence-electron chi connectivity index (χ4n) is 1.93. The first-order chi connectivity index (χ1) is 10.1. The van der Waals surface area contributed by atoms with Crippen molar-refractivity contribution in [2.75, 3.05) is 4.90 Å². The van der Waals surface area contributed by atoms with E-state index in [-0.39, 0.29) is 11.1 Å². The van der Waals surface area contributed by atoms with Gasteiger partial charge < -0.3 is 0 Å². The van der Waals surface area contributed by atoms with E-state index in [4.69, 9.17) is 11.6 Å². The number of imide groups is 1. The van der Waals surface area contributed by atoms with E-state index in [1.807, 2.05) is 18.4 Å². The van der Waals surface area contributed by atoms with Crippen LogP contribution in [0.2, 0.25) is 5.02 Å². The number of thioether (sulfide) groups is 1. The van der Waals surface area contributed by atoms with Crippen LogP contribution in [0.3, 0.4) is 0 Å². The van der Waals surface area contributed by atoms with Crippen molar-refractivity contribution >= 4 is 57.6 Å². The van der Waals surface area contributed by atoms with Crippen LogP contribution in [0.1, 0.15) is 10.4 Å². The zero-order chi connectivity index (χ0) is 15.0. The maximum atomic E-state index is 12.4. The van der Waals surface area contributed by atoms with Crippen LogP contribution >= 0.6 is 34.7 Å². The number of carbonyl (C=O) groups excluding carboxylic acids is 2. The predicted octanol–water partition coefficient (Wildman–Crippen LogP) is 4.95. The third-order valence-corrected chi connectivity index (χ3v) is 5.13. The third kappa shape index (κ3) is 2.77. The molecule has 0 spiro atoms. The predicted molar refractivity (Wildman–Crippen MR) is 89.0 cm³/mol. The molecular formula is C15H10ClNO2S2. The van der Waals surface area contributed by atoms with Crippen molar-refractivity contribution < 1.29 is 9.59 Å². The summed E-state index contributed by atoms with van der Waals surface area (Å²) in [6.45, 7) is 1.98. The molecule has 3 nitrogen and oxygen atoms in total. The molecule has 2 heterocycles. The number of hydrogen-bond acceptors (Lipinski definition) is 4. The molecule has 0 atom stereocenters. The van der Waals surface area contributed by atoms with Crippen LogP contribution in [0.5, 0.6) is 0 Å². The van der Waals surface area contributed by atoms with Crippen molar-refractivity contribution in [2.24, 2.45) is 0 Å². The largest absolute Gasteiger partial charge is 0.298 e. The van der Waals surface area contributed by atoms with Gasteiger partial charge in [0.15, 0.2) is 0 Å². The van der Waals surface area contributed by atoms with Gasteiger partial charge in [0.25, 0.3) is 11.1 Å². The molecule has 21 heavy (non-hydrogen) atoms. The molecular weight excluding hydrogens is 326 g/mol. The molecule has 2 aromatic rings. The fourth-order valence-corrected chi connectivity index (χ4v) is 3.81. The maximum absolute atomic E-state index is 12.4. The number of nitrogens with zero attached hydrogens (tertiary/aromatic N) is 1. The van der Waals surface area contributed by atoms with Gasteiger partial charge in [0.1, 0.15) is 0 Å². The number of amides is 2. The molecule has 0 unspecified atom stereocenters. The van der Waals surface area contributed by atoms with Crippen LogP contribution in [-0.4, -0.2) is 11.1 Å². The van der Waals surface area contributed by atoms with Gasteiger partial charge in [0.2, 0.25) is 0 Å². The summed E-state index contributed by atoms with van der Waals surface area (Å²) in [6.07, 6.45) is 1.78. The van der Waals surface area contributed by atoms with E-state index in [1.54, 1.807) is 41.7 Å². The smallest absolute Gasteiger partial charge is 0.268 e. The lowest BCUT2D eigenvalue weighted by Gasteiger charge is -2.12. The second-order valence-corrected chi connectivity index (χ2v) is 6.84. The summed E-state index contributed by atoms with van der Waals surface area (Å²) in [7, 11) is 0. The van der Waals surface area contributed by atoms with E-state index in [9.17, 15) is 9.59 Å². The van der Waals surface area contributed by atoms with E-state index in [0.29, 0.717) is 15.6 Å². The molecule has 3 rings (SSSR count). The molecule has 2 amide bonds. The van der Waals surface area contributed by atoms with Crippen LogP contribution < -0.4 is 4.90 Å². The third-order valence-electron chi connectivity index (χ3n) is 3.04. The van der Waals surface area contributed by atoms with Crippen LogP contribution in [0, 0.1) is 6.92 Å². The molecule has 6 heteroatoms. The van der Waals surface area contributed by atoms with Gasteiger partial charge in [-0.05, 0) is 66.0 Å².